The summed E-state index contributed by atoms with van der Waals surface area (Å²) < 4.78 is 0. The maximum atomic E-state index is 11.7. The first-order chi connectivity index (χ1) is 15.5. The van der Waals surface area contributed by atoms with E-state index in [-0.39, 0.29) is 13.1 Å². The Labute approximate surface area is 190 Å². The second kappa shape index (κ2) is 17.0. The van der Waals surface area contributed by atoms with Crippen molar-refractivity contribution in [2.24, 2.45) is 0 Å². The number of aliphatic hydroxyl groups is 10. The van der Waals surface area contributed by atoms with Crippen molar-refractivity contribution in [1.29, 1.82) is 0 Å². The van der Waals surface area contributed by atoms with Gasteiger partial charge in [-0.3, -0.25) is 9.59 Å². The maximum Gasteiger partial charge on any atom is 0.251 e. The average Bonchev–Trinajstić information content (AvgIpc) is 2.83. The van der Waals surface area contributed by atoms with E-state index in [2.05, 4.69) is 16.0 Å². The molecule has 0 aromatic rings. The number of nitrogens with one attached hydrogen (secondary N) is 3. The fourth-order valence-electron chi connectivity index (χ4n) is 2.54. The third kappa shape index (κ3) is 11.5. The SMILES string of the molecule is O=C(NCCCNCCCNC(=O)[C@H](O)[C@@H](O)[C@H](O)[C@H](O)CO)[C@H](O)[C@@H](O)[C@H](O)[C@H](O)CO. The first kappa shape index (κ1) is 31.5. The molecule has 0 aromatic heterocycles. The van der Waals surface area contributed by atoms with Gasteiger partial charge >= 0.3 is 0 Å². The standard InChI is InChI=1S/C18H37N3O12/c22-7-9(24)11(26)13(28)15(30)17(32)20-5-1-3-19-4-2-6-21-18(33)16(31)14(29)12(27)10(25)8-23/h9-16,19,22-31H,1-8H2,(H,20,32)(H,21,33)/t9-,10-,11-,12-,13+,14+,15-,16-/m1/s1. The van der Waals surface area contributed by atoms with Crippen molar-refractivity contribution in [3.05, 3.63) is 0 Å². The summed E-state index contributed by atoms with van der Waals surface area (Å²) in [7, 11) is 0. The largest absolute Gasteiger partial charge is 0.394 e. The molecule has 0 rings (SSSR count). The van der Waals surface area contributed by atoms with Gasteiger partial charge in [0.15, 0.2) is 12.2 Å². The van der Waals surface area contributed by atoms with Gasteiger partial charge in [0.05, 0.1) is 13.2 Å². The second-order valence-corrected chi connectivity index (χ2v) is 7.39. The molecule has 0 fully saturated rings. The Hall–Kier alpha value is -1.50. The summed E-state index contributed by atoms with van der Waals surface area (Å²) >= 11 is 0. The smallest absolute Gasteiger partial charge is 0.251 e. The quantitative estimate of drug-likeness (QED) is 0.0801. The van der Waals surface area contributed by atoms with Gasteiger partial charge < -0.3 is 67.0 Å². The molecular weight excluding hydrogens is 450 g/mol. The van der Waals surface area contributed by atoms with E-state index in [0.29, 0.717) is 25.9 Å². The number of rotatable bonds is 18. The molecule has 0 aliphatic heterocycles. The highest BCUT2D eigenvalue weighted by Gasteiger charge is 2.34. The summed E-state index contributed by atoms with van der Waals surface area (Å²) in [6.07, 6.45) is -14.3. The number of hydrogen-bond acceptors (Lipinski definition) is 13. The molecule has 0 aliphatic carbocycles. The summed E-state index contributed by atoms with van der Waals surface area (Å²) in [4.78, 5) is 23.4. The number of aliphatic hydroxyl groups excluding tert-OH is 10. The Morgan fingerprint density at radius 1 is 0.545 bits per heavy atom. The fourth-order valence-corrected chi connectivity index (χ4v) is 2.54. The third-order valence-electron chi connectivity index (χ3n) is 4.71. The van der Waals surface area contributed by atoms with Crippen molar-refractivity contribution >= 4 is 11.8 Å². The van der Waals surface area contributed by atoms with Crippen LogP contribution in [0.4, 0.5) is 0 Å². The molecule has 0 aromatic carbocycles. The van der Waals surface area contributed by atoms with Crippen LogP contribution in [0.1, 0.15) is 12.8 Å². The zero-order valence-corrected chi connectivity index (χ0v) is 18.1. The predicted octanol–water partition coefficient (Wildman–Crippen LogP) is -7.54. The molecule has 15 heteroatoms. The lowest BCUT2D eigenvalue weighted by Crippen LogP contribution is -2.51. The lowest BCUT2D eigenvalue weighted by atomic mass is 10.0. The first-order valence-corrected chi connectivity index (χ1v) is 10.4. The average molecular weight is 488 g/mol. The van der Waals surface area contributed by atoms with Crippen molar-refractivity contribution in [3.8, 4) is 0 Å². The van der Waals surface area contributed by atoms with E-state index < -0.39 is 73.9 Å². The molecule has 0 saturated heterocycles. The zero-order valence-electron chi connectivity index (χ0n) is 18.1. The van der Waals surface area contributed by atoms with Crippen LogP contribution in [-0.4, -0.2) is 151 Å². The fraction of sp³-hybridized carbons (Fsp3) is 0.889. The number of amides is 2. The summed E-state index contributed by atoms with van der Waals surface area (Å²) in [5.74, 6) is -1.93. The van der Waals surface area contributed by atoms with Crippen LogP contribution >= 0.6 is 0 Å². The van der Waals surface area contributed by atoms with Gasteiger partial charge in [-0.05, 0) is 25.9 Å². The molecule has 2 amide bonds. The number of hydrogen-bond donors (Lipinski definition) is 13. The monoisotopic (exact) mass is 487 g/mol. The van der Waals surface area contributed by atoms with Crippen LogP contribution in [0, 0.1) is 0 Å². The van der Waals surface area contributed by atoms with Crippen molar-refractivity contribution in [1.82, 2.24) is 16.0 Å². The van der Waals surface area contributed by atoms with Gasteiger partial charge in [0, 0.05) is 13.1 Å². The van der Waals surface area contributed by atoms with Crippen molar-refractivity contribution in [2.45, 2.75) is 61.7 Å². The molecule has 0 aliphatic rings. The third-order valence-corrected chi connectivity index (χ3v) is 4.71. The molecule has 196 valence electrons. The summed E-state index contributed by atoms with van der Waals surface area (Å²) in [5.41, 5.74) is 0. The molecule has 15 nitrogen and oxygen atoms in total. The molecule has 0 heterocycles. The van der Waals surface area contributed by atoms with E-state index in [1.807, 2.05) is 0 Å². The number of carbonyl (C=O) groups excluding carboxylic acids is 2. The van der Waals surface area contributed by atoms with Gasteiger partial charge in [-0.15, -0.1) is 0 Å². The predicted molar refractivity (Wildman–Crippen MR) is 110 cm³/mol. The van der Waals surface area contributed by atoms with E-state index in [1.165, 1.54) is 0 Å². The van der Waals surface area contributed by atoms with Crippen LogP contribution in [0.25, 0.3) is 0 Å². The van der Waals surface area contributed by atoms with Crippen LogP contribution in [0.5, 0.6) is 0 Å². The Balaban J connectivity index is 3.93. The molecule has 0 spiro atoms. The van der Waals surface area contributed by atoms with Crippen molar-refractivity contribution < 1.29 is 60.7 Å². The van der Waals surface area contributed by atoms with Crippen LogP contribution in [0.3, 0.4) is 0 Å². The molecular formula is C18H37N3O12. The van der Waals surface area contributed by atoms with Gasteiger partial charge in [-0.1, -0.05) is 0 Å². The van der Waals surface area contributed by atoms with Gasteiger partial charge in [-0.2, -0.15) is 0 Å². The van der Waals surface area contributed by atoms with E-state index in [4.69, 9.17) is 10.2 Å². The molecule has 0 saturated carbocycles. The molecule has 0 radical (unpaired) electrons. The van der Waals surface area contributed by atoms with Crippen LogP contribution in [0.15, 0.2) is 0 Å². The van der Waals surface area contributed by atoms with Crippen LogP contribution in [0.2, 0.25) is 0 Å². The highest BCUT2D eigenvalue weighted by atomic mass is 16.4. The summed E-state index contributed by atoms with van der Waals surface area (Å²) in [5, 5.41) is 101. The van der Waals surface area contributed by atoms with Crippen LogP contribution in [-0.2, 0) is 9.59 Å². The van der Waals surface area contributed by atoms with Crippen LogP contribution < -0.4 is 16.0 Å². The van der Waals surface area contributed by atoms with Gasteiger partial charge in [0.1, 0.15) is 36.6 Å². The minimum Gasteiger partial charge on any atom is -0.394 e. The maximum absolute atomic E-state index is 11.7. The zero-order chi connectivity index (χ0) is 25.6. The number of carbonyl (C=O) groups is 2. The topological polar surface area (TPSA) is 273 Å². The van der Waals surface area contributed by atoms with Gasteiger partial charge in [-0.25, -0.2) is 0 Å². The lowest BCUT2D eigenvalue weighted by Gasteiger charge is -2.25. The van der Waals surface area contributed by atoms with E-state index in [9.17, 15) is 50.4 Å². The first-order valence-electron chi connectivity index (χ1n) is 10.4. The van der Waals surface area contributed by atoms with Gasteiger partial charge in [0.25, 0.3) is 11.8 Å². The van der Waals surface area contributed by atoms with E-state index >= 15 is 0 Å². The minimum atomic E-state index is -2.00. The van der Waals surface area contributed by atoms with Gasteiger partial charge in [0.2, 0.25) is 0 Å². The molecule has 0 unspecified atom stereocenters. The molecule has 0 bridgehead atoms. The highest BCUT2D eigenvalue weighted by Crippen LogP contribution is 2.06. The second-order valence-electron chi connectivity index (χ2n) is 7.39. The Morgan fingerprint density at radius 3 is 1.18 bits per heavy atom. The summed E-state index contributed by atoms with van der Waals surface area (Å²) in [6.45, 7) is -0.602. The molecule has 13 N–H and O–H groups in total. The van der Waals surface area contributed by atoms with Crippen molar-refractivity contribution in [2.75, 3.05) is 39.4 Å². The molecule has 33 heavy (non-hydrogen) atoms. The Morgan fingerprint density at radius 2 is 0.879 bits per heavy atom. The molecule has 8 atom stereocenters. The normalized spacial score (nSPS) is 19.0. The Kier molecular flexibility index (Phi) is 16.2. The highest BCUT2D eigenvalue weighted by molar-refractivity contribution is 5.81. The summed E-state index contributed by atoms with van der Waals surface area (Å²) in [6, 6.07) is 0. The van der Waals surface area contributed by atoms with E-state index in [1.54, 1.807) is 0 Å². The van der Waals surface area contributed by atoms with Crippen molar-refractivity contribution in [3.63, 3.8) is 0 Å². The Bertz CT molecular complexity index is 512. The minimum absolute atomic E-state index is 0.122. The lowest BCUT2D eigenvalue weighted by molar-refractivity contribution is -0.149. The van der Waals surface area contributed by atoms with E-state index in [0.717, 1.165) is 0 Å².